The fourth-order valence-corrected chi connectivity index (χ4v) is 5.35. The molecule has 0 saturated heterocycles. The SMILES string of the molecule is CCCCCCCCC/C=C/C(O)C(CO)NC(=O)CCCCCCCCC/C=C\CCCCCCCCCCC. The van der Waals surface area contributed by atoms with Crippen LogP contribution in [0.3, 0.4) is 0 Å². The van der Waals surface area contributed by atoms with Gasteiger partial charge in [-0.2, -0.15) is 0 Å². The van der Waals surface area contributed by atoms with Crippen molar-refractivity contribution < 1.29 is 15.0 Å². The van der Waals surface area contributed by atoms with Gasteiger partial charge in [-0.05, 0) is 44.9 Å². The second-order valence-corrected chi connectivity index (χ2v) is 12.3. The number of aliphatic hydroxyl groups is 2. The minimum absolute atomic E-state index is 0.0715. The molecule has 0 fully saturated rings. The van der Waals surface area contributed by atoms with Crippen LogP contribution in [-0.2, 0) is 4.79 Å². The highest BCUT2D eigenvalue weighted by atomic mass is 16.3. The number of carbonyl (C=O) groups is 1. The summed E-state index contributed by atoms with van der Waals surface area (Å²) >= 11 is 0. The van der Waals surface area contributed by atoms with Gasteiger partial charge in [0.25, 0.3) is 0 Å². The van der Waals surface area contributed by atoms with Gasteiger partial charge >= 0.3 is 0 Å². The summed E-state index contributed by atoms with van der Waals surface area (Å²) in [5.41, 5.74) is 0. The van der Waals surface area contributed by atoms with Crippen molar-refractivity contribution in [3.63, 3.8) is 0 Å². The van der Waals surface area contributed by atoms with Crippen molar-refractivity contribution in [2.45, 2.75) is 199 Å². The van der Waals surface area contributed by atoms with Gasteiger partial charge in [0.1, 0.15) is 0 Å². The Morgan fingerprint density at radius 1 is 0.561 bits per heavy atom. The fourth-order valence-electron chi connectivity index (χ4n) is 5.35. The van der Waals surface area contributed by atoms with Gasteiger partial charge in [0.05, 0.1) is 18.8 Å². The molecule has 0 aromatic rings. The molecule has 2 atom stereocenters. The van der Waals surface area contributed by atoms with E-state index in [9.17, 15) is 15.0 Å². The standard InChI is InChI=1S/C37H71NO3/c1-3-5-7-9-11-13-14-15-16-17-18-19-20-21-22-23-25-27-29-31-33-37(41)38-35(34-39)36(40)32-30-28-26-24-12-10-8-6-4-2/h18-19,30,32,35-36,39-40H,3-17,20-29,31,33-34H2,1-2H3,(H,38,41)/b19-18-,32-30+. The average molecular weight is 578 g/mol. The third kappa shape index (κ3) is 30.1. The number of rotatable bonds is 32. The molecule has 0 heterocycles. The zero-order valence-electron chi connectivity index (χ0n) is 27.6. The van der Waals surface area contributed by atoms with Gasteiger partial charge in [0, 0.05) is 6.42 Å². The maximum atomic E-state index is 12.3. The van der Waals surface area contributed by atoms with Gasteiger partial charge in [-0.25, -0.2) is 0 Å². The van der Waals surface area contributed by atoms with E-state index >= 15 is 0 Å². The zero-order chi connectivity index (χ0) is 30.1. The summed E-state index contributed by atoms with van der Waals surface area (Å²) in [4.78, 5) is 12.3. The van der Waals surface area contributed by atoms with Crippen molar-refractivity contribution in [2.24, 2.45) is 0 Å². The van der Waals surface area contributed by atoms with Gasteiger partial charge in [-0.3, -0.25) is 4.79 Å². The molecule has 2 unspecified atom stereocenters. The van der Waals surface area contributed by atoms with Crippen LogP contribution in [0.1, 0.15) is 187 Å². The minimum atomic E-state index is -0.835. The summed E-state index contributed by atoms with van der Waals surface area (Å²) < 4.78 is 0. The molecule has 242 valence electrons. The van der Waals surface area contributed by atoms with Crippen molar-refractivity contribution in [1.82, 2.24) is 5.32 Å². The van der Waals surface area contributed by atoms with E-state index in [1.165, 1.54) is 141 Å². The minimum Gasteiger partial charge on any atom is -0.394 e. The lowest BCUT2D eigenvalue weighted by Gasteiger charge is -2.20. The number of nitrogens with one attached hydrogen (secondary N) is 1. The second-order valence-electron chi connectivity index (χ2n) is 12.3. The highest BCUT2D eigenvalue weighted by Gasteiger charge is 2.17. The summed E-state index contributed by atoms with van der Waals surface area (Å²) in [6.45, 7) is 4.27. The maximum absolute atomic E-state index is 12.3. The summed E-state index contributed by atoms with van der Waals surface area (Å²) in [6.07, 6.45) is 41.2. The number of carbonyl (C=O) groups excluding carboxylic acids is 1. The highest BCUT2D eigenvalue weighted by Crippen LogP contribution is 2.13. The van der Waals surface area contributed by atoms with E-state index < -0.39 is 12.1 Å². The Bertz CT molecular complexity index is 589. The normalized spacial score (nSPS) is 13.4. The third-order valence-corrected chi connectivity index (χ3v) is 8.18. The van der Waals surface area contributed by atoms with Crippen LogP contribution in [-0.4, -0.2) is 34.9 Å². The summed E-state index contributed by atoms with van der Waals surface area (Å²) in [5.74, 6) is -0.0715. The van der Waals surface area contributed by atoms with E-state index in [4.69, 9.17) is 0 Å². The monoisotopic (exact) mass is 578 g/mol. The first kappa shape index (κ1) is 39.9. The van der Waals surface area contributed by atoms with E-state index in [1.807, 2.05) is 6.08 Å². The molecule has 41 heavy (non-hydrogen) atoms. The zero-order valence-corrected chi connectivity index (χ0v) is 27.6. The Labute approximate surface area is 256 Å². The Morgan fingerprint density at radius 3 is 1.34 bits per heavy atom. The molecule has 3 N–H and O–H groups in total. The van der Waals surface area contributed by atoms with Crippen molar-refractivity contribution in [2.75, 3.05) is 6.61 Å². The van der Waals surface area contributed by atoms with Crippen molar-refractivity contribution >= 4 is 5.91 Å². The molecular weight excluding hydrogens is 506 g/mol. The predicted octanol–water partition coefficient (Wildman–Crippen LogP) is 10.5. The number of aliphatic hydroxyl groups excluding tert-OH is 2. The van der Waals surface area contributed by atoms with E-state index in [2.05, 4.69) is 31.3 Å². The van der Waals surface area contributed by atoms with Crippen LogP contribution in [0.15, 0.2) is 24.3 Å². The molecule has 0 aromatic carbocycles. The lowest BCUT2D eigenvalue weighted by atomic mass is 10.1. The lowest BCUT2D eigenvalue weighted by molar-refractivity contribution is -0.123. The van der Waals surface area contributed by atoms with Crippen molar-refractivity contribution in [1.29, 1.82) is 0 Å². The van der Waals surface area contributed by atoms with Crippen LogP contribution < -0.4 is 5.32 Å². The molecule has 0 aliphatic heterocycles. The molecule has 0 saturated carbocycles. The fraction of sp³-hybridized carbons (Fsp3) is 0.865. The number of hydrogen-bond acceptors (Lipinski definition) is 3. The second kappa shape index (κ2) is 33.4. The first-order chi connectivity index (χ1) is 20.2. The first-order valence-corrected chi connectivity index (χ1v) is 18.1. The van der Waals surface area contributed by atoms with Crippen LogP contribution in [0.5, 0.6) is 0 Å². The molecular formula is C37H71NO3. The van der Waals surface area contributed by atoms with Gasteiger partial charge < -0.3 is 15.5 Å². The summed E-state index contributed by atoms with van der Waals surface area (Å²) in [7, 11) is 0. The van der Waals surface area contributed by atoms with Crippen LogP contribution >= 0.6 is 0 Å². The Kier molecular flexibility index (Phi) is 32.5. The van der Waals surface area contributed by atoms with Gasteiger partial charge in [-0.15, -0.1) is 0 Å². The van der Waals surface area contributed by atoms with Crippen LogP contribution in [0, 0.1) is 0 Å². The molecule has 0 aliphatic carbocycles. The Hall–Kier alpha value is -1.13. The molecule has 0 bridgehead atoms. The molecule has 0 radical (unpaired) electrons. The van der Waals surface area contributed by atoms with E-state index in [1.54, 1.807) is 6.08 Å². The van der Waals surface area contributed by atoms with E-state index in [0.717, 1.165) is 25.7 Å². The van der Waals surface area contributed by atoms with Gasteiger partial charge in [0.2, 0.25) is 5.91 Å². The topological polar surface area (TPSA) is 69.6 Å². The van der Waals surface area contributed by atoms with Crippen molar-refractivity contribution in [3.05, 3.63) is 24.3 Å². The van der Waals surface area contributed by atoms with Gasteiger partial charge in [-0.1, -0.05) is 160 Å². The lowest BCUT2D eigenvalue weighted by Crippen LogP contribution is -2.45. The number of allylic oxidation sites excluding steroid dienone is 3. The largest absolute Gasteiger partial charge is 0.394 e. The van der Waals surface area contributed by atoms with Crippen LogP contribution in [0.25, 0.3) is 0 Å². The van der Waals surface area contributed by atoms with Crippen molar-refractivity contribution in [3.8, 4) is 0 Å². The third-order valence-electron chi connectivity index (χ3n) is 8.18. The average Bonchev–Trinajstić information content (AvgIpc) is 2.97. The smallest absolute Gasteiger partial charge is 0.220 e. The number of hydrogen-bond donors (Lipinski definition) is 3. The van der Waals surface area contributed by atoms with Crippen LogP contribution in [0.4, 0.5) is 0 Å². The summed E-state index contributed by atoms with van der Waals surface area (Å²) in [5, 5.41) is 22.8. The molecule has 4 nitrogen and oxygen atoms in total. The van der Waals surface area contributed by atoms with E-state index in [-0.39, 0.29) is 12.5 Å². The quantitative estimate of drug-likeness (QED) is 0.0550. The number of unbranched alkanes of at least 4 members (excludes halogenated alkanes) is 23. The molecule has 0 aliphatic rings. The number of amides is 1. The molecule has 0 rings (SSSR count). The van der Waals surface area contributed by atoms with Crippen LogP contribution in [0.2, 0.25) is 0 Å². The summed E-state index contributed by atoms with van der Waals surface area (Å²) in [6, 6.07) is -0.619. The molecule has 1 amide bonds. The van der Waals surface area contributed by atoms with E-state index in [0.29, 0.717) is 6.42 Å². The maximum Gasteiger partial charge on any atom is 0.220 e. The molecule has 0 spiro atoms. The molecule has 0 aromatic heterocycles. The first-order valence-electron chi connectivity index (χ1n) is 18.1. The highest BCUT2D eigenvalue weighted by molar-refractivity contribution is 5.76. The Morgan fingerprint density at radius 2 is 0.927 bits per heavy atom. The molecule has 4 heteroatoms. The Balaban J connectivity index is 3.57. The predicted molar refractivity (Wildman–Crippen MR) is 179 cm³/mol. The van der Waals surface area contributed by atoms with Gasteiger partial charge in [0.15, 0.2) is 0 Å².